The van der Waals surface area contributed by atoms with Gasteiger partial charge in [0.15, 0.2) is 0 Å². The fraction of sp³-hybridized carbons (Fsp3) is 1.00. The molecule has 0 saturated carbocycles. The van der Waals surface area contributed by atoms with Crippen LogP contribution >= 0.6 is 12.6 Å². The average molecular weight is 202 g/mol. The van der Waals surface area contributed by atoms with Gasteiger partial charge in [-0.05, 0) is 25.6 Å². The smallest absolute Gasteiger partial charge is 0.0195 e. The highest BCUT2D eigenvalue weighted by atomic mass is 32.1. The van der Waals surface area contributed by atoms with Crippen molar-refractivity contribution in [3.63, 3.8) is 0 Å². The van der Waals surface area contributed by atoms with Crippen LogP contribution in [0.4, 0.5) is 0 Å². The fourth-order valence-electron chi connectivity index (χ4n) is 1.91. The molecule has 0 radical (unpaired) electrons. The van der Waals surface area contributed by atoms with Gasteiger partial charge < -0.3 is 4.90 Å². The summed E-state index contributed by atoms with van der Waals surface area (Å²) in [7, 11) is 2.20. The topological polar surface area (TPSA) is 6.48 Å². The van der Waals surface area contributed by atoms with Gasteiger partial charge in [-0.25, -0.2) is 0 Å². The number of rotatable bonds is 3. The molecule has 1 heterocycles. The monoisotopic (exact) mass is 202 g/mol. The van der Waals surface area contributed by atoms with E-state index in [4.69, 9.17) is 0 Å². The van der Waals surface area contributed by atoms with Crippen molar-refractivity contribution in [3.8, 4) is 0 Å². The summed E-state index contributed by atoms with van der Waals surface area (Å²) in [6.07, 6.45) is 0. The molecule has 2 atom stereocenters. The van der Waals surface area contributed by atoms with E-state index in [2.05, 4.69) is 43.3 Å². The van der Waals surface area contributed by atoms with Crippen LogP contribution in [0.25, 0.3) is 0 Å². The van der Waals surface area contributed by atoms with Gasteiger partial charge in [0.05, 0.1) is 0 Å². The van der Waals surface area contributed by atoms with Gasteiger partial charge in [-0.15, -0.1) is 0 Å². The van der Waals surface area contributed by atoms with Crippen LogP contribution < -0.4 is 0 Å². The molecule has 2 nitrogen and oxygen atoms in total. The molecule has 1 rings (SSSR count). The van der Waals surface area contributed by atoms with Crippen molar-refractivity contribution in [2.24, 2.45) is 5.92 Å². The first-order valence-corrected chi connectivity index (χ1v) is 5.80. The molecular formula is C10H22N2S. The average Bonchev–Trinajstić information content (AvgIpc) is 2.09. The molecule has 0 aromatic rings. The van der Waals surface area contributed by atoms with Crippen LogP contribution in [0.5, 0.6) is 0 Å². The number of thiol groups is 1. The molecule has 13 heavy (non-hydrogen) atoms. The molecule has 0 amide bonds. The molecule has 1 fully saturated rings. The van der Waals surface area contributed by atoms with Gasteiger partial charge in [-0.3, -0.25) is 4.90 Å². The van der Waals surface area contributed by atoms with Gasteiger partial charge in [-0.2, -0.15) is 12.6 Å². The number of hydrogen-bond donors (Lipinski definition) is 1. The Labute approximate surface area is 87.7 Å². The molecule has 0 aromatic carbocycles. The van der Waals surface area contributed by atoms with Gasteiger partial charge in [0.1, 0.15) is 0 Å². The van der Waals surface area contributed by atoms with Crippen molar-refractivity contribution in [3.05, 3.63) is 0 Å². The molecular weight excluding hydrogens is 180 g/mol. The Hall–Kier alpha value is 0.270. The number of nitrogens with zero attached hydrogens (tertiary/aromatic N) is 2. The van der Waals surface area contributed by atoms with Crippen LogP contribution in [0, 0.1) is 5.92 Å². The first kappa shape index (κ1) is 11.3. The number of piperazine rings is 1. The molecule has 0 aromatic heterocycles. The molecule has 1 aliphatic heterocycles. The van der Waals surface area contributed by atoms with E-state index in [1.165, 1.54) is 26.2 Å². The van der Waals surface area contributed by atoms with Crippen molar-refractivity contribution in [2.45, 2.75) is 19.9 Å². The largest absolute Gasteiger partial charge is 0.304 e. The van der Waals surface area contributed by atoms with E-state index in [1.807, 2.05) is 0 Å². The summed E-state index contributed by atoms with van der Waals surface area (Å²) in [5.74, 6) is 1.72. The van der Waals surface area contributed by atoms with Crippen LogP contribution in [0.3, 0.4) is 0 Å². The van der Waals surface area contributed by atoms with E-state index >= 15 is 0 Å². The number of hydrogen-bond acceptors (Lipinski definition) is 3. The highest BCUT2D eigenvalue weighted by molar-refractivity contribution is 7.80. The highest BCUT2D eigenvalue weighted by Gasteiger charge is 2.21. The van der Waals surface area contributed by atoms with Crippen LogP contribution in [-0.2, 0) is 0 Å². The number of likely N-dealkylation sites (N-methyl/N-ethyl adjacent to an activating group) is 1. The first-order chi connectivity index (χ1) is 6.13. The van der Waals surface area contributed by atoms with E-state index in [9.17, 15) is 0 Å². The van der Waals surface area contributed by atoms with Crippen molar-refractivity contribution < 1.29 is 0 Å². The molecule has 0 aliphatic carbocycles. The van der Waals surface area contributed by atoms with Crippen LogP contribution in [-0.4, -0.2) is 54.8 Å². The minimum absolute atomic E-state index is 0.709. The molecule has 3 heteroatoms. The lowest BCUT2D eigenvalue weighted by Gasteiger charge is -2.39. The van der Waals surface area contributed by atoms with E-state index in [0.29, 0.717) is 12.0 Å². The Bertz CT molecular complexity index is 152. The summed E-state index contributed by atoms with van der Waals surface area (Å²) in [6, 6.07) is 0.709. The molecule has 0 spiro atoms. The minimum atomic E-state index is 0.709. The van der Waals surface area contributed by atoms with Crippen LogP contribution in [0.15, 0.2) is 0 Å². The minimum Gasteiger partial charge on any atom is -0.304 e. The van der Waals surface area contributed by atoms with Crippen LogP contribution in [0.1, 0.15) is 13.8 Å². The van der Waals surface area contributed by atoms with Crippen molar-refractivity contribution in [1.82, 2.24) is 9.80 Å². The lowest BCUT2D eigenvalue weighted by Crippen LogP contribution is -2.51. The summed E-state index contributed by atoms with van der Waals surface area (Å²) >= 11 is 4.33. The van der Waals surface area contributed by atoms with E-state index < -0.39 is 0 Å². The first-order valence-electron chi connectivity index (χ1n) is 5.17. The fourth-order valence-corrected chi connectivity index (χ4v) is 2.02. The summed E-state index contributed by atoms with van der Waals surface area (Å²) in [6.45, 7) is 9.44. The zero-order valence-corrected chi connectivity index (χ0v) is 9.93. The summed E-state index contributed by atoms with van der Waals surface area (Å²) in [4.78, 5) is 4.99. The summed E-state index contributed by atoms with van der Waals surface area (Å²) in [5.41, 5.74) is 0. The maximum Gasteiger partial charge on any atom is 0.0195 e. The molecule has 0 N–H and O–H groups in total. The molecule has 1 saturated heterocycles. The Kier molecular flexibility index (Phi) is 4.56. The highest BCUT2D eigenvalue weighted by Crippen LogP contribution is 2.11. The van der Waals surface area contributed by atoms with Crippen molar-refractivity contribution >= 4 is 12.6 Å². The zero-order chi connectivity index (χ0) is 9.84. The summed E-state index contributed by atoms with van der Waals surface area (Å²) in [5, 5.41) is 0. The third-order valence-corrected chi connectivity index (χ3v) is 3.45. The maximum atomic E-state index is 4.33. The molecule has 78 valence electrons. The van der Waals surface area contributed by atoms with E-state index in [-0.39, 0.29) is 0 Å². The van der Waals surface area contributed by atoms with Crippen molar-refractivity contribution in [1.29, 1.82) is 0 Å². The van der Waals surface area contributed by atoms with Gasteiger partial charge in [0, 0.05) is 32.2 Å². The molecule has 0 bridgehead atoms. The predicted molar refractivity (Wildman–Crippen MR) is 61.5 cm³/mol. The lowest BCUT2D eigenvalue weighted by molar-refractivity contribution is 0.0902. The van der Waals surface area contributed by atoms with Gasteiger partial charge in [0.2, 0.25) is 0 Å². The van der Waals surface area contributed by atoms with E-state index in [0.717, 1.165) is 5.75 Å². The Morgan fingerprint density at radius 1 is 1.46 bits per heavy atom. The van der Waals surface area contributed by atoms with Gasteiger partial charge in [0.25, 0.3) is 0 Å². The third kappa shape index (κ3) is 3.49. The van der Waals surface area contributed by atoms with Gasteiger partial charge in [-0.1, -0.05) is 6.92 Å². The predicted octanol–water partition coefficient (Wildman–Crippen LogP) is 1.19. The zero-order valence-electron chi connectivity index (χ0n) is 9.03. The lowest BCUT2D eigenvalue weighted by atomic mass is 10.1. The standard InChI is InChI=1S/C10H22N2S/c1-9(8-13)6-12-5-4-11(3)7-10(12)2/h9-10,13H,4-8H2,1-3H3. The Balaban J connectivity index is 2.33. The quantitative estimate of drug-likeness (QED) is 0.687. The Morgan fingerprint density at radius 2 is 2.15 bits per heavy atom. The van der Waals surface area contributed by atoms with E-state index in [1.54, 1.807) is 0 Å². The second-order valence-electron chi connectivity index (χ2n) is 4.39. The van der Waals surface area contributed by atoms with Gasteiger partial charge >= 0.3 is 0 Å². The Morgan fingerprint density at radius 3 is 2.69 bits per heavy atom. The third-order valence-electron chi connectivity index (χ3n) is 2.83. The summed E-state index contributed by atoms with van der Waals surface area (Å²) < 4.78 is 0. The SMILES string of the molecule is CC(CS)CN1CCN(C)CC1C. The van der Waals surface area contributed by atoms with Crippen LogP contribution in [0.2, 0.25) is 0 Å². The second kappa shape index (κ2) is 5.23. The second-order valence-corrected chi connectivity index (χ2v) is 4.76. The molecule has 1 aliphatic rings. The normalized spacial score (nSPS) is 29.1. The van der Waals surface area contributed by atoms with Crippen molar-refractivity contribution in [2.75, 3.05) is 39.0 Å². The molecule has 2 unspecified atom stereocenters. The maximum absolute atomic E-state index is 4.33.